The Morgan fingerprint density at radius 1 is 1.08 bits per heavy atom. The summed E-state index contributed by atoms with van der Waals surface area (Å²) < 4.78 is 12.0. The van der Waals surface area contributed by atoms with Crippen LogP contribution in [0.5, 0.6) is 5.75 Å². The van der Waals surface area contributed by atoms with E-state index in [0.717, 1.165) is 64.1 Å². The number of carbonyl (C=O) groups is 1. The van der Waals surface area contributed by atoms with Crippen LogP contribution < -0.4 is 10.1 Å². The van der Waals surface area contributed by atoms with Gasteiger partial charge in [-0.2, -0.15) is 0 Å². The van der Waals surface area contributed by atoms with E-state index in [4.69, 9.17) is 9.47 Å². The Hall–Kier alpha value is -2.53. The van der Waals surface area contributed by atoms with Crippen molar-refractivity contribution in [2.75, 3.05) is 26.2 Å². The van der Waals surface area contributed by atoms with Crippen molar-refractivity contribution in [3.8, 4) is 16.9 Å². The summed E-state index contributed by atoms with van der Waals surface area (Å²) in [6.07, 6.45) is 5.08. The number of nitrogens with one attached hydrogen (secondary N) is 1. The van der Waals surface area contributed by atoms with Crippen LogP contribution in [0.25, 0.3) is 11.1 Å². The smallest absolute Gasteiger partial charge is 0.407 e. The van der Waals surface area contributed by atoms with Gasteiger partial charge in [0, 0.05) is 6.54 Å². The molecule has 2 atom stereocenters. The van der Waals surface area contributed by atoms with Crippen molar-refractivity contribution in [3.05, 3.63) is 52.6 Å². The van der Waals surface area contributed by atoms with Gasteiger partial charge in [-0.3, -0.25) is 4.90 Å². The lowest BCUT2D eigenvalue weighted by atomic mass is 9.70. The average Bonchev–Trinajstić information content (AvgIpc) is 2.86. The van der Waals surface area contributed by atoms with Gasteiger partial charge < -0.3 is 14.8 Å². The van der Waals surface area contributed by atoms with E-state index in [9.17, 15) is 4.79 Å². The molecule has 2 aromatic rings. The molecule has 6 rings (SSSR count). The number of rotatable bonds is 6. The maximum atomic E-state index is 13.1. The lowest BCUT2D eigenvalue weighted by molar-refractivity contribution is -0.0353. The van der Waals surface area contributed by atoms with Crippen molar-refractivity contribution in [2.45, 2.75) is 78.9 Å². The number of aryl methyl sites for hydroxylation is 3. The van der Waals surface area contributed by atoms with E-state index < -0.39 is 0 Å². The molecule has 1 N–H and O–H groups in total. The molecule has 3 heterocycles. The SMILES string of the molecule is CCCOc1c(C)cc(-c2ccc3c(c2)CCC(C)(C)C3NC(=O)O[C@H]2CN3CCC2CC3)cc1C. The molecular formula is C31H42N2O3. The van der Waals surface area contributed by atoms with E-state index in [2.05, 4.69) is 75.2 Å². The summed E-state index contributed by atoms with van der Waals surface area (Å²) in [4.78, 5) is 15.5. The number of piperidine rings is 3. The summed E-state index contributed by atoms with van der Waals surface area (Å²) in [5, 5.41) is 3.28. The molecule has 3 aliphatic heterocycles. The van der Waals surface area contributed by atoms with Crippen LogP contribution in [-0.4, -0.2) is 43.3 Å². The summed E-state index contributed by atoms with van der Waals surface area (Å²) in [6, 6.07) is 11.1. The second-order valence-corrected chi connectivity index (χ2v) is 11.8. The quantitative estimate of drug-likeness (QED) is 0.496. The molecule has 0 aromatic heterocycles. The third-order valence-corrected chi connectivity index (χ3v) is 8.64. The maximum absolute atomic E-state index is 13.1. The number of amides is 1. The van der Waals surface area contributed by atoms with Gasteiger partial charge in [0.1, 0.15) is 11.9 Å². The highest BCUT2D eigenvalue weighted by Gasteiger charge is 2.40. The topological polar surface area (TPSA) is 50.8 Å². The van der Waals surface area contributed by atoms with E-state index in [1.807, 2.05) is 0 Å². The first-order valence-electron chi connectivity index (χ1n) is 13.8. The van der Waals surface area contributed by atoms with E-state index in [0.29, 0.717) is 5.92 Å². The zero-order chi connectivity index (χ0) is 25.4. The van der Waals surface area contributed by atoms with E-state index in [1.54, 1.807) is 0 Å². The highest BCUT2D eigenvalue weighted by atomic mass is 16.6. The summed E-state index contributed by atoms with van der Waals surface area (Å²) >= 11 is 0. The predicted molar refractivity (Wildman–Crippen MR) is 145 cm³/mol. The zero-order valence-corrected chi connectivity index (χ0v) is 22.7. The minimum Gasteiger partial charge on any atom is -0.493 e. The van der Waals surface area contributed by atoms with Gasteiger partial charge in [-0.15, -0.1) is 0 Å². The minimum atomic E-state index is -0.266. The van der Waals surface area contributed by atoms with Gasteiger partial charge in [0.25, 0.3) is 0 Å². The first-order valence-corrected chi connectivity index (χ1v) is 13.8. The molecule has 0 spiro atoms. The molecule has 3 saturated heterocycles. The monoisotopic (exact) mass is 490 g/mol. The van der Waals surface area contributed by atoms with Gasteiger partial charge in [-0.25, -0.2) is 4.79 Å². The molecule has 4 aliphatic rings. The number of ether oxygens (including phenoxy) is 2. The molecule has 5 heteroatoms. The third-order valence-electron chi connectivity index (χ3n) is 8.64. The van der Waals surface area contributed by atoms with Gasteiger partial charge in [-0.05, 0) is 116 Å². The molecular weight excluding hydrogens is 448 g/mol. The first-order chi connectivity index (χ1) is 17.2. The number of alkyl carbamates (subject to hydrolysis) is 1. The lowest BCUT2D eigenvalue weighted by Crippen LogP contribution is -2.53. The van der Waals surface area contributed by atoms with Crippen LogP contribution in [0.4, 0.5) is 4.79 Å². The fourth-order valence-corrected chi connectivity index (χ4v) is 6.46. The van der Waals surface area contributed by atoms with E-state index in [-0.39, 0.29) is 23.7 Å². The average molecular weight is 491 g/mol. The molecule has 0 saturated carbocycles. The van der Waals surface area contributed by atoms with Crippen LogP contribution in [0.15, 0.2) is 30.3 Å². The number of nitrogens with zero attached hydrogens (tertiary/aromatic N) is 1. The largest absolute Gasteiger partial charge is 0.493 e. The fraction of sp³-hybridized carbons (Fsp3) is 0.581. The van der Waals surface area contributed by atoms with Gasteiger partial charge in [0.05, 0.1) is 12.6 Å². The molecule has 36 heavy (non-hydrogen) atoms. The third kappa shape index (κ3) is 5.00. The van der Waals surface area contributed by atoms with E-state index in [1.165, 1.54) is 33.4 Å². The van der Waals surface area contributed by atoms with Crippen molar-refractivity contribution in [3.63, 3.8) is 0 Å². The highest BCUT2D eigenvalue weighted by molar-refractivity contribution is 5.71. The Kier molecular flexibility index (Phi) is 7.04. The Balaban J connectivity index is 1.35. The summed E-state index contributed by atoms with van der Waals surface area (Å²) in [7, 11) is 0. The zero-order valence-electron chi connectivity index (χ0n) is 22.7. The van der Waals surface area contributed by atoms with Crippen molar-refractivity contribution >= 4 is 6.09 Å². The van der Waals surface area contributed by atoms with Gasteiger partial charge >= 0.3 is 6.09 Å². The van der Waals surface area contributed by atoms with Gasteiger partial charge in [0.15, 0.2) is 0 Å². The van der Waals surface area contributed by atoms with Crippen LogP contribution in [0.1, 0.15) is 74.8 Å². The van der Waals surface area contributed by atoms with Crippen molar-refractivity contribution in [2.24, 2.45) is 11.3 Å². The molecule has 1 aliphatic carbocycles. The molecule has 3 fully saturated rings. The molecule has 2 aromatic carbocycles. The van der Waals surface area contributed by atoms with Crippen molar-refractivity contribution < 1.29 is 14.3 Å². The second kappa shape index (κ2) is 10.1. The summed E-state index contributed by atoms with van der Waals surface area (Å²) in [5.74, 6) is 1.52. The fourth-order valence-electron chi connectivity index (χ4n) is 6.46. The molecule has 5 nitrogen and oxygen atoms in total. The Morgan fingerprint density at radius 2 is 1.81 bits per heavy atom. The Bertz CT molecular complexity index is 1090. The summed E-state index contributed by atoms with van der Waals surface area (Å²) in [5.41, 5.74) is 7.29. The molecule has 1 amide bonds. The van der Waals surface area contributed by atoms with Crippen LogP contribution in [-0.2, 0) is 11.2 Å². The minimum absolute atomic E-state index is 0.0248. The van der Waals surface area contributed by atoms with Crippen LogP contribution >= 0.6 is 0 Å². The maximum Gasteiger partial charge on any atom is 0.407 e. The van der Waals surface area contributed by atoms with Crippen molar-refractivity contribution in [1.82, 2.24) is 10.2 Å². The molecule has 194 valence electrons. The number of benzene rings is 2. The first kappa shape index (κ1) is 25.1. The molecule has 1 unspecified atom stereocenters. The van der Waals surface area contributed by atoms with E-state index >= 15 is 0 Å². The molecule has 2 bridgehead atoms. The molecule has 0 radical (unpaired) electrons. The standard InChI is InChI=1S/C31H42N2O3/c1-6-15-35-28-20(2)16-25(17-21(28)3)23-7-8-26-24(18-23)9-12-31(4,5)29(26)32-30(34)36-27-19-33-13-10-22(27)11-14-33/h7-8,16-18,22,27,29H,6,9-15,19H2,1-5H3,(H,32,34)/t27-,29?/m0/s1. The predicted octanol–water partition coefficient (Wildman–Crippen LogP) is 6.59. The number of hydrogen-bond acceptors (Lipinski definition) is 4. The Labute approximate surface area is 216 Å². The number of fused-ring (bicyclic) bond motifs is 4. The number of hydrogen-bond donors (Lipinski definition) is 1. The number of carbonyl (C=O) groups excluding carboxylic acids is 1. The highest BCUT2D eigenvalue weighted by Crippen LogP contribution is 2.45. The van der Waals surface area contributed by atoms with Crippen LogP contribution in [0, 0.1) is 25.2 Å². The van der Waals surface area contributed by atoms with Crippen LogP contribution in [0.3, 0.4) is 0 Å². The summed E-state index contributed by atoms with van der Waals surface area (Å²) in [6.45, 7) is 14.8. The van der Waals surface area contributed by atoms with Crippen molar-refractivity contribution in [1.29, 1.82) is 0 Å². The van der Waals surface area contributed by atoms with Gasteiger partial charge in [-0.1, -0.05) is 39.0 Å². The second-order valence-electron chi connectivity index (χ2n) is 11.8. The van der Waals surface area contributed by atoms with Gasteiger partial charge in [0.2, 0.25) is 0 Å². The normalized spacial score (nSPS) is 26.2. The van der Waals surface area contributed by atoms with Crippen LogP contribution in [0.2, 0.25) is 0 Å². The Morgan fingerprint density at radius 3 is 2.44 bits per heavy atom. The lowest BCUT2D eigenvalue weighted by Gasteiger charge is -2.44.